The van der Waals surface area contributed by atoms with Gasteiger partial charge in [-0.1, -0.05) is 33.4 Å². The van der Waals surface area contributed by atoms with E-state index in [0.717, 1.165) is 47.5 Å². The number of nitrogens with zero attached hydrogens (tertiary/aromatic N) is 6. The smallest absolute Gasteiger partial charge is 0.268 e. The molecule has 5 rings (SSSR count). The number of H-pyrrole nitrogens is 1. The zero-order chi connectivity index (χ0) is 26.3. The Labute approximate surface area is 216 Å². The van der Waals surface area contributed by atoms with E-state index in [1.165, 1.54) is 5.56 Å². The van der Waals surface area contributed by atoms with Gasteiger partial charge in [-0.15, -0.1) is 0 Å². The summed E-state index contributed by atoms with van der Waals surface area (Å²) in [5.74, 6) is 1.40. The molecule has 1 aliphatic heterocycles. The van der Waals surface area contributed by atoms with E-state index in [2.05, 4.69) is 33.4 Å². The standard InChI is InChI=1S/C27H33N9O/c1-16-6-9-19(15-36(16)25(37)18(11-28)10-27(2,3)4)31-24-22-21(17-7-8-17)13-29-23(22)33-26(34-24)32-20-12-30-35(5)14-20/h10,12-14,17,19H,1,6-9,15H2,2-5H3,(H3,29,31,32,33,34)/b18-10+/t19-/m1/s1. The summed E-state index contributed by atoms with van der Waals surface area (Å²) in [5, 5.41) is 21.7. The number of piperidine rings is 1. The lowest BCUT2D eigenvalue weighted by Crippen LogP contribution is -2.44. The highest BCUT2D eigenvalue weighted by Gasteiger charge is 2.32. The summed E-state index contributed by atoms with van der Waals surface area (Å²) < 4.78 is 1.71. The van der Waals surface area contributed by atoms with Gasteiger partial charge in [0.1, 0.15) is 23.1 Å². The van der Waals surface area contributed by atoms with E-state index < -0.39 is 0 Å². The Morgan fingerprint density at radius 1 is 1.30 bits per heavy atom. The molecule has 2 fully saturated rings. The minimum absolute atomic E-state index is 0.0599. The van der Waals surface area contributed by atoms with Crippen LogP contribution < -0.4 is 10.6 Å². The molecular formula is C27H33N9O. The lowest BCUT2D eigenvalue weighted by Gasteiger charge is -2.35. The number of nitriles is 1. The van der Waals surface area contributed by atoms with Crippen LogP contribution in [0.2, 0.25) is 0 Å². The van der Waals surface area contributed by atoms with Gasteiger partial charge in [0.2, 0.25) is 5.95 Å². The van der Waals surface area contributed by atoms with E-state index in [0.29, 0.717) is 24.8 Å². The number of amides is 1. The van der Waals surface area contributed by atoms with Crippen molar-refractivity contribution in [3.8, 4) is 6.07 Å². The van der Waals surface area contributed by atoms with Crippen LogP contribution in [0.4, 0.5) is 17.5 Å². The quantitative estimate of drug-likeness (QED) is 0.331. The fourth-order valence-electron chi connectivity index (χ4n) is 4.72. The number of aryl methyl sites for hydroxylation is 1. The third-order valence-electron chi connectivity index (χ3n) is 6.62. The second-order valence-corrected chi connectivity index (χ2v) is 11.1. The largest absolute Gasteiger partial charge is 0.365 e. The van der Waals surface area contributed by atoms with Gasteiger partial charge in [-0.25, -0.2) is 0 Å². The summed E-state index contributed by atoms with van der Waals surface area (Å²) in [4.78, 5) is 27.8. The number of nitrogens with one attached hydrogen (secondary N) is 3. The predicted molar refractivity (Wildman–Crippen MR) is 143 cm³/mol. The Balaban J connectivity index is 1.44. The van der Waals surface area contributed by atoms with Crippen molar-refractivity contribution in [1.82, 2.24) is 29.6 Å². The van der Waals surface area contributed by atoms with Gasteiger partial charge >= 0.3 is 0 Å². The van der Waals surface area contributed by atoms with Crippen LogP contribution >= 0.6 is 0 Å². The minimum atomic E-state index is -0.305. The lowest BCUT2D eigenvalue weighted by atomic mass is 9.93. The van der Waals surface area contributed by atoms with Crippen molar-refractivity contribution >= 4 is 34.4 Å². The summed E-state index contributed by atoms with van der Waals surface area (Å²) in [6.07, 6.45) is 11.1. The molecule has 0 aromatic carbocycles. The van der Waals surface area contributed by atoms with Gasteiger partial charge in [0, 0.05) is 37.7 Å². The van der Waals surface area contributed by atoms with Gasteiger partial charge in [0.05, 0.1) is 17.3 Å². The summed E-state index contributed by atoms with van der Waals surface area (Å²) in [5.41, 5.74) is 3.36. The number of likely N-dealkylation sites (tertiary alicyclic amines) is 1. The van der Waals surface area contributed by atoms with Crippen molar-refractivity contribution in [1.29, 1.82) is 5.26 Å². The van der Waals surface area contributed by atoms with Gasteiger partial charge in [0.25, 0.3) is 5.91 Å². The Bertz CT molecular complexity index is 1430. The molecule has 1 aliphatic carbocycles. The van der Waals surface area contributed by atoms with Gasteiger partial charge < -0.3 is 20.5 Å². The molecule has 1 saturated heterocycles. The molecule has 0 radical (unpaired) electrons. The second-order valence-electron chi connectivity index (χ2n) is 11.1. The number of carbonyl (C=O) groups is 1. The number of aromatic nitrogens is 5. The molecule has 37 heavy (non-hydrogen) atoms. The Kier molecular flexibility index (Phi) is 6.23. The molecule has 10 heteroatoms. The number of allylic oxidation sites excluding steroid dienone is 2. The van der Waals surface area contributed by atoms with Gasteiger partial charge in [0.15, 0.2) is 0 Å². The molecular weight excluding hydrogens is 466 g/mol. The summed E-state index contributed by atoms with van der Waals surface area (Å²) in [6.45, 7) is 10.4. The lowest BCUT2D eigenvalue weighted by molar-refractivity contribution is -0.125. The maximum Gasteiger partial charge on any atom is 0.268 e. The molecule has 0 spiro atoms. The van der Waals surface area contributed by atoms with Crippen LogP contribution in [-0.4, -0.2) is 48.1 Å². The topological polar surface area (TPSA) is 128 Å². The molecule has 1 saturated carbocycles. The number of hydrogen-bond donors (Lipinski definition) is 3. The van der Waals surface area contributed by atoms with Crippen molar-refractivity contribution < 1.29 is 4.79 Å². The molecule has 0 unspecified atom stereocenters. The maximum absolute atomic E-state index is 13.3. The monoisotopic (exact) mass is 499 g/mol. The van der Waals surface area contributed by atoms with Gasteiger partial charge in [-0.05, 0) is 42.6 Å². The van der Waals surface area contributed by atoms with E-state index in [4.69, 9.17) is 9.97 Å². The summed E-state index contributed by atoms with van der Waals surface area (Å²) >= 11 is 0. The van der Waals surface area contributed by atoms with E-state index in [1.54, 1.807) is 21.9 Å². The highest BCUT2D eigenvalue weighted by molar-refractivity contribution is 5.98. The van der Waals surface area contributed by atoms with Crippen molar-refractivity contribution in [2.45, 2.75) is 58.4 Å². The summed E-state index contributed by atoms with van der Waals surface area (Å²) in [7, 11) is 1.85. The molecule has 192 valence electrons. The first-order valence-corrected chi connectivity index (χ1v) is 12.6. The molecule has 3 aromatic rings. The van der Waals surface area contributed by atoms with Gasteiger partial charge in [-0.3, -0.25) is 9.48 Å². The van der Waals surface area contributed by atoms with Crippen molar-refractivity contribution in [2.75, 3.05) is 17.2 Å². The highest BCUT2D eigenvalue weighted by atomic mass is 16.2. The van der Waals surface area contributed by atoms with Crippen molar-refractivity contribution in [3.05, 3.63) is 48.1 Å². The zero-order valence-corrected chi connectivity index (χ0v) is 21.8. The number of carbonyl (C=O) groups excluding carboxylic acids is 1. The van der Waals surface area contributed by atoms with E-state index in [9.17, 15) is 10.1 Å². The molecule has 4 heterocycles. The molecule has 3 aromatic heterocycles. The molecule has 2 aliphatic rings. The zero-order valence-electron chi connectivity index (χ0n) is 21.8. The van der Waals surface area contributed by atoms with Crippen LogP contribution in [0.15, 0.2) is 42.5 Å². The fraction of sp³-hybridized carbons (Fsp3) is 0.444. The normalized spacial score (nSPS) is 18.7. The SMILES string of the molecule is C=C1CC[C@@H](Nc2nc(Nc3cnn(C)c3)nc3[nH]cc(C4CC4)c23)CN1C(=O)/C(C#N)=C/C(C)(C)C. The Hall–Kier alpha value is -4.13. The molecule has 3 N–H and O–H groups in total. The fourth-order valence-corrected chi connectivity index (χ4v) is 4.72. The first kappa shape index (κ1) is 24.6. The highest BCUT2D eigenvalue weighted by Crippen LogP contribution is 2.45. The minimum Gasteiger partial charge on any atom is -0.365 e. The predicted octanol–water partition coefficient (Wildman–Crippen LogP) is 4.73. The average molecular weight is 500 g/mol. The maximum atomic E-state index is 13.3. The number of rotatable bonds is 6. The van der Waals surface area contributed by atoms with Gasteiger partial charge in [-0.2, -0.15) is 20.3 Å². The van der Waals surface area contributed by atoms with Crippen LogP contribution in [0.25, 0.3) is 11.0 Å². The Morgan fingerprint density at radius 2 is 2.08 bits per heavy atom. The van der Waals surface area contributed by atoms with E-state index in [1.807, 2.05) is 40.2 Å². The van der Waals surface area contributed by atoms with Crippen molar-refractivity contribution in [2.24, 2.45) is 12.5 Å². The molecule has 1 atom stereocenters. The molecule has 10 nitrogen and oxygen atoms in total. The second kappa shape index (κ2) is 9.39. The first-order chi connectivity index (χ1) is 17.6. The number of hydrogen-bond acceptors (Lipinski definition) is 7. The van der Waals surface area contributed by atoms with Crippen LogP contribution in [-0.2, 0) is 11.8 Å². The third kappa shape index (κ3) is 5.35. The van der Waals surface area contributed by atoms with Crippen LogP contribution in [0.5, 0.6) is 0 Å². The first-order valence-electron chi connectivity index (χ1n) is 12.6. The Morgan fingerprint density at radius 3 is 2.73 bits per heavy atom. The number of aromatic amines is 1. The molecule has 0 bridgehead atoms. The number of anilines is 3. The van der Waals surface area contributed by atoms with Crippen LogP contribution in [0, 0.1) is 16.7 Å². The van der Waals surface area contributed by atoms with Crippen molar-refractivity contribution in [3.63, 3.8) is 0 Å². The number of fused-ring (bicyclic) bond motifs is 1. The summed E-state index contributed by atoms with van der Waals surface area (Å²) in [6, 6.07) is 2.03. The van der Waals surface area contributed by atoms with Crippen LogP contribution in [0.1, 0.15) is 57.9 Å². The third-order valence-corrected chi connectivity index (χ3v) is 6.62. The van der Waals surface area contributed by atoms with Crippen LogP contribution in [0.3, 0.4) is 0 Å². The average Bonchev–Trinajstić information content (AvgIpc) is 3.47. The van der Waals surface area contributed by atoms with E-state index in [-0.39, 0.29) is 22.9 Å². The molecule has 1 amide bonds. The van der Waals surface area contributed by atoms with E-state index >= 15 is 0 Å².